The van der Waals surface area contributed by atoms with Crippen LogP contribution in [0.3, 0.4) is 0 Å². The van der Waals surface area contributed by atoms with Gasteiger partial charge in [0.1, 0.15) is 17.2 Å². The molecule has 0 radical (unpaired) electrons. The highest BCUT2D eigenvalue weighted by Crippen LogP contribution is 2.29. The van der Waals surface area contributed by atoms with E-state index in [0.29, 0.717) is 25.1 Å². The maximum absolute atomic E-state index is 13.0. The van der Waals surface area contributed by atoms with Gasteiger partial charge >= 0.3 is 0 Å². The molecule has 3 rings (SSSR count). The zero-order valence-electron chi connectivity index (χ0n) is 21.5. The molecule has 0 atom stereocenters. The number of ether oxygens (including phenoxy) is 1. The molecule has 0 saturated carbocycles. The Morgan fingerprint density at radius 2 is 1.57 bits per heavy atom. The first-order valence-corrected chi connectivity index (χ1v) is 14.0. The van der Waals surface area contributed by atoms with E-state index < -0.39 is 37.3 Å². The summed E-state index contributed by atoms with van der Waals surface area (Å²) in [6, 6.07) is 18.2. The van der Waals surface area contributed by atoms with E-state index in [2.05, 4.69) is 5.32 Å². The summed E-state index contributed by atoms with van der Waals surface area (Å²) in [7, 11) is -4.45. The van der Waals surface area contributed by atoms with Crippen LogP contribution in [0.5, 0.6) is 11.5 Å². The molecular weight excluding hydrogens is 540 g/mol. The highest BCUT2D eigenvalue weighted by atomic mass is 32.2. The summed E-state index contributed by atoms with van der Waals surface area (Å²) in [5, 5.41) is 23.1. The molecule has 0 heterocycles. The fourth-order valence-corrected chi connectivity index (χ4v) is 4.78. The zero-order chi connectivity index (χ0) is 29.0. The van der Waals surface area contributed by atoms with Crippen molar-refractivity contribution < 1.29 is 32.9 Å². The highest BCUT2D eigenvalue weighted by Gasteiger charge is 2.25. The predicted molar refractivity (Wildman–Crippen MR) is 147 cm³/mol. The van der Waals surface area contributed by atoms with Crippen molar-refractivity contribution in [3.63, 3.8) is 0 Å². The second kappa shape index (κ2) is 14.6. The number of carbonyl (C=O) groups excluding carboxylic acids is 2. The number of benzene rings is 3. The lowest BCUT2D eigenvalue weighted by Gasteiger charge is -2.12. The van der Waals surface area contributed by atoms with Crippen molar-refractivity contribution in [2.24, 2.45) is 0 Å². The molecule has 0 saturated heterocycles. The molecule has 13 heteroatoms. The molecule has 0 aliphatic carbocycles. The second-order valence-corrected chi connectivity index (χ2v) is 10.4. The van der Waals surface area contributed by atoms with Crippen molar-refractivity contribution in [1.82, 2.24) is 10.2 Å². The number of nitro groups is 1. The fourth-order valence-electron chi connectivity index (χ4n) is 3.79. The minimum atomic E-state index is -4.45. The van der Waals surface area contributed by atoms with Gasteiger partial charge in [0.2, 0.25) is 5.91 Å². The minimum absolute atomic E-state index is 0.0284. The molecule has 0 aliphatic heterocycles. The van der Waals surface area contributed by atoms with Crippen LogP contribution in [0, 0.1) is 10.1 Å². The molecule has 4 N–H and O–H groups in total. The normalized spacial score (nSPS) is 10.9. The van der Waals surface area contributed by atoms with Gasteiger partial charge in [-0.2, -0.15) is 0 Å². The van der Waals surface area contributed by atoms with Gasteiger partial charge in [-0.3, -0.25) is 24.9 Å². The number of anilines is 1. The Morgan fingerprint density at radius 1 is 0.900 bits per heavy atom. The first-order chi connectivity index (χ1) is 19.2. The Morgan fingerprint density at radius 3 is 2.30 bits per heavy atom. The minimum Gasteiger partial charge on any atom is -0.457 e. The van der Waals surface area contributed by atoms with E-state index in [1.807, 2.05) is 4.72 Å². The summed E-state index contributed by atoms with van der Waals surface area (Å²) in [4.78, 5) is 34.4. The third-order valence-electron chi connectivity index (χ3n) is 5.83. The lowest BCUT2D eigenvalue weighted by Crippen LogP contribution is -2.30. The van der Waals surface area contributed by atoms with Gasteiger partial charge in [-0.1, -0.05) is 49.6 Å². The van der Waals surface area contributed by atoms with Gasteiger partial charge in [0.15, 0.2) is 0 Å². The summed E-state index contributed by atoms with van der Waals surface area (Å²) in [5.74, 6) is -0.784. The van der Waals surface area contributed by atoms with E-state index in [9.17, 15) is 28.1 Å². The van der Waals surface area contributed by atoms with E-state index >= 15 is 0 Å². The average molecular weight is 571 g/mol. The van der Waals surface area contributed by atoms with Crippen LogP contribution in [0.2, 0.25) is 0 Å². The summed E-state index contributed by atoms with van der Waals surface area (Å²) < 4.78 is 33.6. The number of nitrogens with zero attached hydrogens (tertiary/aromatic N) is 1. The van der Waals surface area contributed by atoms with Gasteiger partial charge in [0, 0.05) is 19.0 Å². The number of hydrogen-bond donors (Lipinski definition) is 4. The van der Waals surface area contributed by atoms with E-state index in [1.54, 1.807) is 47.9 Å². The first kappa shape index (κ1) is 30.1. The number of sulfonamides is 1. The summed E-state index contributed by atoms with van der Waals surface area (Å²) in [6.45, 7) is 0.416. The van der Waals surface area contributed by atoms with Crippen LogP contribution in [-0.4, -0.2) is 36.9 Å². The molecule has 0 spiro atoms. The number of hydroxylamine groups is 1. The van der Waals surface area contributed by atoms with Crippen molar-refractivity contribution in [3.8, 4) is 11.5 Å². The van der Waals surface area contributed by atoms with Gasteiger partial charge in [-0.05, 0) is 49.2 Å². The van der Waals surface area contributed by atoms with Crippen molar-refractivity contribution in [3.05, 3.63) is 88.5 Å². The van der Waals surface area contributed by atoms with Crippen LogP contribution in [0.4, 0.5) is 11.4 Å². The molecule has 0 bridgehead atoms. The van der Waals surface area contributed by atoms with Crippen molar-refractivity contribution in [2.75, 3.05) is 11.9 Å². The van der Waals surface area contributed by atoms with E-state index in [-0.39, 0.29) is 23.4 Å². The number of para-hydroxylation sites is 2. The first-order valence-electron chi connectivity index (χ1n) is 12.6. The van der Waals surface area contributed by atoms with Crippen molar-refractivity contribution >= 4 is 33.2 Å². The number of nitrogens with one attached hydrogen (secondary N) is 3. The van der Waals surface area contributed by atoms with Crippen LogP contribution in [0.15, 0.2) is 77.7 Å². The number of rotatable bonds is 15. The predicted octanol–water partition coefficient (Wildman–Crippen LogP) is 4.76. The molecule has 0 aliphatic rings. The molecule has 12 nitrogen and oxygen atoms in total. The molecule has 3 aromatic carbocycles. The van der Waals surface area contributed by atoms with Crippen molar-refractivity contribution in [1.29, 1.82) is 0 Å². The Kier molecular flexibility index (Phi) is 11.0. The third kappa shape index (κ3) is 8.78. The van der Waals surface area contributed by atoms with Gasteiger partial charge in [-0.25, -0.2) is 18.6 Å². The Labute approximate surface area is 231 Å². The summed E-state index contributed by atoms with van der Waals surface area (Å²) >= 11 is 0. The molecular formula is C27H30N4O8S. The quantitative estimate of drug-likeness (QED) is 0.0868. The maximum Gasteiger partial charge on any atom is 0.293 e. The zero-order valence-corrected chi connectivity index (χ0v) is 22.4. The van der Waals surface area contributed by atoms with Gasteiger partial charge < -0.3 is 10.1 Å². The standard InChI is InChI=1S/C27H30N4O8S/c32-26(29-34)15-7-2-1-3-10-18-28-23-17-16-21(19-24(23)31(35)36)40(37,38)30-27(33)22-13-8-9-14-25(22)39-20-11-5-4-6-12-20/h4-6,8-9,11-14,16-17,19,28,34H,1-3,7,10,15,18H2,(H,29,32)(H,30,33). The Hall–Kier alpha value is -4.49. The molecule has 0 fully saturated rings. The van der Waals surface area contributed by atoms with Crippen LogP contribution >= 0.6 is 0 Å². The number of amides is 2. The van der Waals surface area contributed by atoms with E-state index in [4.69, 9.17) is 9.94 Å². The Balaban J connectivity index is 1.62. The van der Waals surface area contributed by atoms with E-state index in [0.717, 1.165) is 25.3 Å². The molecule has 0 unspecified atom stereocenters. The second-order valence-electron chi connectivity index (χ2n) is 8.76. The largest absolute Gasteiger partial charge is 0.457 e. The van der Waals surface area contributed by atoms with Crippen LogP contribution in [0.1, 0.15) is 48.9 Å². The number of unbranched alkanes of at least 4 members (excludes halogenated alkanes) is 4. The third-order valence-corrected chi connectivity index (χ3v) is 7.16. The van der Waals surface area contributed by atoms with Crippen LogP contribution in [0.25, 0.3) is 0 Å². The summed E-state index contributed by atoms with van der Waals surface area (Å²) in [6.07, 6.45) is 4.04. The van der Waals surface area contributed by atoms with Crippen LogP contribution < -0.4 is 20.3 Å². The van der Waals surface area contributed by atoms with E-state index in [1.165, 1.54) is 24.3 Å². The maximum atomic E-state index is 13.0. The number of nitro benzene ring substituents is 1. The Bertz CT molecular complexity index is 1430. The molecule has 0 aromatic heterocycles. The molecule has 40 heavy (non-hydrogen) atoms. The lowest BCUT2D eigenvalue weighted by molar-refractivity contribution is -0.384. The fraction of sp³-hybridized carbons (Fsp3) is 0.259. The molecule has 2 amide bonds. The number of hydrogen-bond acceptors (Lipinski definition) is 9. The average Bonchev–Trinajstić information content (AvgIpc) is 2.94. The van der Waals surface area contributed by atoms with Crippen molar-refractivity contribution in [2.45, 2.75) is 43.4 Å². The molecule has 212 valence electrons. The molecule has 3 aromatic rings. The number of carbonyl (C=O) groups is 2. The summed E-state index contributed by atoms with van der Waals surface area (Å²) in [5.41, 5.74) is 1.26. The monoisotopic (exact) mass is 570 g/mol. The lowest BCUT2D eigenvalue weighted by atomic mass is 10.1. The SMILES string of the molecule is O=C(CCCCCCCNc1ccc(S(=O)(=O)NC(=O)c2ccccc2Oc2ccccc2)cc1[N+](=O)[O-])NO. The van der Waals surface area contributed by atoms with Gasteiger partial charge in [0.25, 0.3) is 21.6 Å². The van der Waals surface area contributed by atoms with Gasteiger partial charge in [-0.15, -0.1) is 0 Å². The van der Waals surface area contributed by atoms with Gasteiger partial charge in [0.05, 0.1) is 15.4 Å². The smallest absolute Gasteiger partial charge is 0.293 e. The van der Waals surface area contributed by atoms with Crippen LogP contribution in [-0.2, 0) is 14.8 Å². The topological polar surface area (TPSA) is 177 Å². The highest BCUT2D eigenvalue weighted by molar-refractivity contribution is 7.90.